The Morgan fingerprint density at radius 2 is 1.46 bits per heavy atom. The SMILES string of the molecule is COc1ccc(C(NC(C)c2ccc(F)c(F)c2)c2ccc(CNc3c(O)c(=O)c3=O)cc2)cc1. The minimum Gasteiger partial charge on any atom is -0.502 e. The van der Waals surface area contributed by atoms with Crippen LogP contribution in [-0.4, -0.2) is 12.2 Å². The van der Waals surface area contributed by atoms with Crippen molar-refractivity contribution in [3.63, 3.8) is 0 Å². The Labute approximate surface area is 200 Å². The van der Waals surface area contributed by atoms with Gasteiger partial charge in [-0.05, 0) is 53.4 Å². The van der Waals surface area contributed by atoms with Crippen LogP contribution in [0.5, 0.6) is 11.5 Å². The van der Waals surface area contributed by atoms with Gasteiger partial charge in [-0.1, -0.05) is 42.5 Å². The van der Waals surface area contributed by atoms with Gasteiger partial charge in [0.15, 0.2) is 17.4 Å². The predicted molar refractivity (Wildman–Crippen MR) is 130 cm³/mol. The second kappa shape index (κ2) is 10.1. The van der Waals surface area contributed by atoms with Gasteiger partial charge in [-0.3, -0.25) is 14.9 Å². The molecule has 0 bridgehead atoms. The summed E-state index contributed by atoms with van der Waals surface area (Å²) in [7, 11) is 1.59. The van der Waals surface area contributed by atoms with E-state index in [0.29, 0.717) is 11.3 Å². The molecule has 0 saturated carbocycles. The lowest BCUT2D eigenvalue weighted by Gasteiger charge is -2.25. The van der Waals surface area contributed by atoms with Crippen molar-refractivity contribution in [2.75, 3.05) is 12.4 Å². The average molecular weight is 478 g/mol. The second-order valence-corrected chi connectivity index (χ2v) is 8.25. The maximum absolute atomic E-state index is 13.8. The summed E-state index contributed by atoms with van der Waals surface area (Å²) < 4.78 is 32.5. The van der Waals surface area contributed by atoms with Crippen LogP contribution in [0, 0.1) is 11.6 Å². The van der Waals surface area contributed by atoms with Crippen LogP contribution in [0.25, 0.3) is 0 Å². The summed E-state index contributed by atoms with van der Waals surface area (Å²) >= 11 is 0. The van der Waals surface area contributed by atoms with E-state index in [1.807, 2.05) is 55.5 Å². The number of methoxy groups -OCH3 is 1. The average Bonchev–Trinajstić information content (AvgIpc) is 2.89. The Balaban J connectivity index is 1.57. The van der Waals surface area contributed by atoms with E-state index in [4.69, 9.17) is 4.74 Å². The monoisotopic (exact) mass is 478 g/mol. The maximum atomic E-state index is 13.8. The van der Waals surface area contributed by atoms with Gasteiger partial charge in [0.2, 0.25) is 0 Å². The molecule has 0 spiro atoms. The number of hydrogen-bond acceptors (Lipinski definition) is 6. The Kier molecular flexibility index (Phi) is 6.93. The van der Waals surface area contributed by atoms with Gasteiger partial charge >= 0.3 is 0 Å². The van der Waals surface area contributed by atoms with Crippen LogP contribution in [0.1, 0.15) is 41.3 Å². The molecule has 8 heteroatoms. The third-order valence-electron chi connectivity index (χ3n) is 5.98. The molecule has 4 aromatic carbocycles. The Morgan fingerprint density at radius 3 is 2.03 bits per heavy atom. The summed E-state index contributed by atoms with van der Waals surface area (Å²) in [6, 6.07) is 18.4. The van der Waals surface area contributed by atoms with Crippen LogP contribution in [0.15, 0.2) is 76.3 Å². The van der Waals surface area contributed by atoms with Crippen molar-refractivity contribution in [2.45, 2.75) is 25.6 Å². The molecule has 0 radical (unpaired) electrons. The zero-order chi connectivity index (χ0) is 25.1. The molecule has 0 aliphatic rings. The molecule has 6 nitrogen and oxygen atoms in total. The van der Waals surface area contributed by atoms with Gasteiger partial charge in [0.25, 0.3) is 10.9 Å². The van der Waals surface area contributed by atoms with E-state index < -0.39 is 28.2 Å². The summed E-state index contributed by atoms with van der Waals surface area (Å²) in [4.78, 5) is 22.7. The zero-order valence-electron chi connectivity index (χ0n) is 19.1. The summed E-state index contributed by atoms with van der Waals surface area (Å²) in [5.41, 5.74) is 1.63. The molecule has 4 rings (SSSR count). The van der Waals surface area contributed by atoms with Crippen molar-refractivity contribution < 1.29 is 18.6 Å². The highest BCUT2D eigenvalue weighted by Gasteiger charge is 2.21. The molecule has 0 amide bonds. The number of rotatable bonds is 9. The molecule has 0 aliphatic carbocycles. The van der Waals surface area contributed by atoms with Gasteiger partial charge in [0.05, 0.1) is 13.2 Å². The lowest BCUT2D eigenvalue weighted by molar-refractivity contribution is 0.414. The van der Waals surface area contributed by atoms with Gasteiger partial charge < -0.3 is 15.2 Å². The molecule has 0 aliphatic heterocycles. The van der Waals surface area contributed by atoms with E-state index in [0.717, 1.165) is 22.8 Å². The number of nitrogens with one attached hydrogen (secondary N) is 2. The predicted octanol–water partition coefficient (Wildman–Crippen LogP) is 4.33. The molecule has 180 valence electrons. The first-order valence-corrected chi connectivity index (χ1v) is 11.0. The third-order valence-corrected chi connectivity index (χ3v) is 5.98. The number of anilines is 1. The van der Waals surface area contributed by atoms with Gasteiger partial charge in [-0.15, -0.1) is 0 Å². The summed E-state index contributed by atoms with van der Waals surface area (Å²) in [5, 5.41) is 15.8. The number of ether oxygens (including phenoxy) is 1. The van der Waals surface area contributed by atoms with Crippen molar-refractivity contribution >= 4 is 5.69 Å². The zero-order valence-corrected chi connectivity index (χ0v) is 19.1. The van der Waals surface area contributed by atoms with E-state index in [1.165, 1.54) is 6.07 Å². The Hall–Kier alpha value is -4.04. The van der Waals surface area contributed by atoms with Crippen molar-refractivity contribution in [1.82, 2.24) is 5.32 Å². The van der Waals surface area contributed by atoms with E-state index in [-0.39, 0.29) is 24.3 Å². The molecule has 2 unspecified atom stereocenters. The fourth-order valence-corrected chi connectivity index (χ4v) is 3.87. The Morgan fingerprint density at radius 1 is 0.857 bits per heavy atom. The minimum absolute atomic E-state index is 0.0720. The first-order valence-electron chi connectivity index (χ1n) is 11.0. The number of halogens is 2. The number of hydrogen-bond donors (Lipinski definition) is 3. The summed E-state index contributed by atoms with van der Waals surface area (Å²) in [6.07, 6.45) is 0. The summed E-state index contributed by atoms with van der Waals surface area (Å²) in [6.45, 7) is 2.13. The molecule has 0 heterocycles. The van der Waals surface area contributed by atoms with Crippen molar-refractivity contribution in [1.29, 1.82) is 0 Å². The highest BCUT2D eigenvalue weighted by atomic mass is 19.2. The van der Waals surface area contributed by atoms with Crippen LogP contribution in [0.4, 0.5) is 14.5 Å². The van der Waals surface area contributed by atoms with Gasteiger partial charge in [-0.25, -0.2) is 8.78 Å². The quantitative estimate of drug-likeness (QED) is 0.311. The van der Waals surface area contributed by atoms with Crippen LogP contribution in [0.2, 0.25) is 0 Å². The van der Waals surface area contributed by atoms with Crippen LogP contribution >= 0.6 is 0 Å². The van der Waals surface area contributed by atoms with Crippen molar-refractivity contribution in [3.8, 4) is 11.5 Å². The smallest absolute Gasteiger partial charge is 0.271 e. The molecule has 0 saturated heterocycles. The highest BCUT2D eigenvalue weighted by Crippen LogP contribution is 2.28. The van der Waals surface area contributed by atoms with Crippen LogP contribution < -0.4 is 26.2 Å². The summed E-state index contributed by atoms with van der Waals surface area (Å²) in [5.74, 6) is -1.62. The molecule has 0 fully saturated rings. The van der Waals surface area contributed by atoms with E-state index >= 15 is 0 Å². The van der Waals surface area contributed by atoms with Crippen molar-refractivity contribution in [2.24, 2.45) is 0 Å². The van der Waals surface area contributed by atoms with E-state index in [9.17, 15) is 23.5 Å². The van der Waals surface area contributed by atoms with Crippen LogP contribution in [-0.2, 0) is 6.54 Å². The molecule has 0 aromatic heterocycles. The fraction of sp³-hybridized carbons (Fsp3) is 0.185. The molecule has 4 aromatic rings. The largest absolute Gasteiger partial charge is 0.502 e. The number of aromatic hydroxyl groups is 1. The third kappa shape index (κ3) is 5.07. The molecule has 3 N–H and O–H groups in total. The molecule has 2 atom stereocenters. The standard InChI is InChI=1S/C27H24F2N2O4/c1-15(19-9-12-21(28)22(29)13-19)31-23(18-7-10-20(35-2)11-8-18)17-5-3-16(4-6-17)14-30-24-25(32)27(34)26(24)33/h3-13,15,23,30-32H,14H2,1-2H3. The molecule has 35 heavy (non-hydrogen) atoms. The highest BCUT2D eigenvalue weighted by molar-refractivity contribution is 5.61. The maximum Gasteiger partial charge on any atom is 0.271 e. The molecular weight excluding hydrogens is 454 g/mol. The lowest BCUT2D eigenvalue weighted by atomic mass is 9.95. The van der Waals surface area contributed by atoms with Gasteiger partial charge in [0, 0.05) is 12.6 Å². The fourth-order valence-electron chi connectivity index (χ4n) is 3.87. The first-order chi connectivity index (χ1) is 16.8. The Bertz CT molecular complexity index is 1390. The van der Waals surface area contributed by atoms with Crippen molar-refractivity contribution in [3.05, 3.63) is 121 Å². The van der Waals surface area contributed by atoms with Gasteiger partial charge in [0.1, 0.15) is 11.4 Å². The lowest BCUT2D eigenvalue weighted by Crippen LogP contribution is -2.33. The van der Waals surface area contributed by atoms with Gasteiger partial charge in [-0.2, -0.15) is 0 Å². The van der Waals surface area contributed by atoms with Crippen LogP contribution in [0.3, 0.4) is 0 Å². The van der Waals surface area contributed by atoms with E-state index in [1.54, 1.807) is 13.2 Å². The first kappa shape index (κ1) is 24.1. The van der Waals surface area contributed by atoms with E-state index in [2.05, 4.69) is 10.6 Å². The minimum atomic E-state index is -0.901. The normalized spacial score (nSPS) is 12.9. The second-order valence-electron chi connectivity index (χ2n) is 8.25. The molecular formula is C27H24F2N2O4. The topological polar surface area (TPSA) is 87.7 Å². The number of benzene rings is 3.